The predicted octanol–water partition coefficient (Wildman–Crippen LogP) is 1.73. The number of benzene rings is 1. The lowest BCUT2D eigenvalue weighted by molar-refractivity contribution is 0.0949. The minimum Gasteiger partial charge on any atom is -0.378 e. The van der Waals surface area contributed by atoms with Crippen LogP contribution < -0.4 is 10.2 Å². The number of fused-ring (bicyclic) bond motifs is 1. The van der Waals surface area contributed by atoms with Gasteiger partial charge in [0.25, 0.3) is 5.91 Å². The van der Waals surface area contributed by atoms with Crippen LogP contribution in [0, 0.1) is 0 Å². The molecule has 7 heteroatoms. The molecule has 2 aromatic heterocycles. The fraction of sp³-hybridized carbons (Fsp3) is 0.316. The van der Waals surface area contributed by atoms with Gasteiger partial charge >= 0.3 is 0 Å². The first-order valence-corrected chi connectivity index (χ1v) is 8.69. The van der Waals surface area contributed by atoms with Crippen molar-refractivity contribution in [1.29, 1.82) is 0 Å². The number of nitrogens with zero attached hydrogens (tertiary/aromatic N) is 4. The van der Waals surface area contributed by atoms with Crippen LogP contribution in [-0.4, -0.2) is 46.7 Å². The number of hydrogen-bond acceptors (Lipinski definition) is 5. The van der Waals surface area contributed by atoms with Crippen molar-refractivity contribution in [2.75, 3.05) is 31.2 Å². The Hall–Kier alpha value is -2.93. The van der Waals surface area contributed by atoms with Gasteiger partial charge in [-0.05, 0) is 24.3 Å². The van der Waals surface area contributed by atoms with Gasteiger partial charge in [-0.1, -0.05) is 12.1 Å². The van der Waals surface area contributed by atoms with Crippen molar-refractivity contribution in [3.8, 4) is 0 Å². The van der Waals surface area contributed by atoms with E-state index in [1.54, 1.807) is 6.20 Å². The first kappa shape index (κ1) is 16.5. The van der Waals surface area contributed by atoms with Gasteiger partial charge in [0.2, 0.25) is 0 Å². The topological polar surface area (TPSA) is 72.3 Å². The Bertz CT molecular complexity index is 913. The van der Waals surface area contributed by atoms with Crippen LogP contribution in [0.1, 0.15) is 16.2 Å². The molecular formula is C19H21N5O2. The molecule has 26 heavy (non-hydrogen) atoms. The number of nitrogens with one attached hydrogen (secondary N) is 1. The lowest BCUT2D eigenvalue weighted by Gasteiger charge is -2.27. The quantitative estimate of drug-likeness (QED) is 0.775. The number of anilines is 1. The monoisotopic (exact) mass is 351 g/mol. The van der Waals surface area contributed by atoms with E-state index in [0.29, 0.717) is 25.3 Å². The largest absolute Gasteiger partial charge is 0.378 e. The first-order chi connectivity index (χ1) is 12.7. The first-order valence-electron chi connectivity index (χ1n) is 8.69. The van der Waals surface area contributed by atoms with Crippen LogP contribution in [0.3, 0.4) is 0 Å². The molecule has 4 rings (SSSR count). The van der Waals surface area contributed by atoms with Crippen LogP contribution in [0.4, 0.5) is 5.82 Å². The van der Waals surface area contributed by atoms with E-state index in [4.69, 9.17) is 4.74 Å². The van der Waals surface area contributed by atoms with Gasteiger partial charge in [0.05, 0.1) is 36.4 Å². The molecule has 0 radical (unpaired) electrons. The maximum atomic E-state index is 12.4. The number of pyridine rings is 1. The summed E-state index contributed by atoms with van der Waals surface area (Å²) < 4.78 is 7.34. The van der Waals surface area contributed by atoms with Crippen molar-refractivity contribution >= 4 is 22.8 Å². The van der Waals surface area contributed by atoms with E-state index >= 15 is 0 Å². The third-order valence-electron chi connectivity index (χ3n) is 4.63. The van der Waals surface area contributed by atoms with Crippen molar-refractivity contribution in [2.45, 2.75) is 6.54 Å². The molecule has 0 spiro atoms. The third kappa shape index (κ3) is 3.25. The number of rotatable bonds is 4. The number of carbonyl (C=O) groups is 1. The van der Waals surface area contributed by atoms with Crippen LogP contribution in [0.2, 0.25) is 0 Å². The number of imidazole rings is 1. The van der Waals surface area contributed by atoms with E-state index in [1.807, 2.05) is 48.0 Å². The molecule has 0 unspecified atom stereocenters. The summed E-state index contributed by atoms with van der Waals surface area (Å²) in [5, 5.41) is 2.92. The predicted molar refractivity (Wildman–Crippen MR) is 99.2 cm³/mol. The molecule has 7 nitrogen and oxygen atoms in total. The number of carbonyl (C=O) groups excluding carboxylic acids is 1. The molecule has 0 atom stereocenters. The summed E-state index contributed by atoms with van der Waals surface area (Å²) in [5.41, 5.74) is 2.52. The molecule has 3 heterocycles. The van der Waals surface area contributed by atoms with Crippen LogP contribution in [0.25, 0.3) is 11.0 Å². The SMILES string of the molecule is Cn1c(CNC(=O)c2ccc(N3CCOCC3)nc2)nc2ccccc21. The van der Waals surface area contributed by atoms with E-state index in [1.165, 1.54) is 0 Å². The Balaban J connectivity index is 1.42. The van der Waals surface area contributed by atoms with Gasteiger partial charge in [0.1, 0.15) is 11.6 Å². The molecule has 134 valence electrons. The molecule has 1 saturated heterocycles. The lowest BCUT2D eigenvalue weighted by Crippen LogP contribution is -2.36. The number of para-hydroxylation sites is 2. The summed E-state index contributed by atoms with van der Waals surface area (Å²) in [5.74, 6) is 1.54. The molecule has 0 bridgehead atoms. The Morgan fingerprint density at radius 1 is 1.19 bits per heavy atom. The average Bonchev–Trinajstić information content (AvgIpc) is 3.03. The average molecular weight is 351 g/mol. The number of morpholine rings is 1. The zero-order valence-corrected chi connectivity index (χ0v) is 14.7. The summed E-state index contributed by atoms with van der Waals surface area (Å²) in [6.45, 7) is 3.44. The second-order valence-corrected chi connectivity index (χ2v) is 6.26. The molecule has 3 aromatic rings. The van der Waals surface area contributed by atoms with Crippen molar-refractivity contribution < 1.29 is 9.53 Å². The molecule has 0 saturated carbocycles. The molecule has 1 amide bonds. The molecule has 1 aliphatic rings. The smallest absolute Gasteiger partial charge is 0.253 e. The van der Waals surface area contributed by atoms with Gasteiger partial charge in [-0.2, -0.15) is 0 Å². The van der Waals surface area contributed by atoms with Crippen LogP contribution in [0.5, 0.6) is 0 Å². The van der Waals surface area contributed by atoms with Gasteiger partial charge in [0, 0.05) is 26.3 Å². The normalized spacial score (nSPS) is 14.6. The van der Waals surface area contributed by atoms with Crippen LogP contribution in [0.15, 0.2) is 42.6 Å². The van der Waals surface area contributed by atoms with Crippen molar-refractivity contribution in [1.82, 2.24) is 19.9 Å². The van der Waals surface area contributed by atoms with E-state index in [2.05, 4.69) is 20.2 Å². The van der Waals surface area contributed by atoms with E-state index in [-0.39, 0.29) is 5.91 Å². The van der Waals surface area contributed by atoms with Crippen molar-refractivity contribution in [3.63, 3.8) is 0 Å². The van der Waals surface area contributed by atoms with Gasteiger partial charge in [0.15, 0.2) is 0 Å². The molecule has 1 aliphatic heterocycles. The fourth-order valence-electron chi connectivity index (χ4n) is 3.11. The van der Waals surface area contributed by atoms with Crippen LogP contribution in [-0.2, 0) is 18.3 Å². The maximum absolute atomic E-state index is 12.4. The number of amides is 1. The summed E-state index contributed by atoms with van der Waals surface area (Å²) in [7, 11) is 1.95. The minimum atomic E-state index is -0.155. The number of aromatic nitrogens is 3. The molecular weight excluding hydrogens is 330 g/mol. The van der Waals surface area contributed by atoms with Gasteiger partial charge in [-0.25, -0.2) is 9.97 Å². The number of aryl methyl sites for hydroxylation is 1. The van der Waals surface area contributed by atoms with Gasteiger partial charge < -0.3 is 19.5 Å². The second kappa shape index (κ2) is 7.13. The fourth-order valence-corrected chi connectivity index (χ4v) is 3.11. The Labute approximate surface area is 151 Å². The zero-order valence-electron chi connectivity index (χ0n) is 14.7. The van der Waals surface area contributed by atoms with E-state index in [0.717, 1.165) is 35.8 Å². The molecule has 1 N–H and O–H groups in total. The van der Waals surface area contributed by atoms with E-state index in [9.17, 15) is 4.79 Å². The van der Waals surface area contributed by atoms with Crippen molar-refractivity contribution in [2.24, 2.45) is 7.05 Å². The summed E-state index contributed by atoms with van der Waals surface area (Å²) >= 11 is 0. The highest BCUT2D eigenvalue weighted by Crippen LogP contribution is 2.15. The molecule has 1 aromatic carbocycles. The van der Waals surface area contributed by atoms with Gasteiger partial charge in [-0.3, -0.25) is 4.79 Å². The number of ether oxygens (including phenoxy) is 1. The van der Waals surface area contributed by atoms with E-state index < -0.39 is 0 Å². The van der Waals surface area contributed by atoms with Gasteiger partial charge in [-0.15, -0.1) is 0 Å². The lowest BCUT2D eigenvalue weighted by atomic mass is 10.2. The Morgan fingerprint density at radius 2 is 2.00 bits per heavy atom. The standard InChI is InChI=1S/C19H21N5O2/c1-23-16-5-3-2-4-15(16)22-18(23)13-21-19(25)14-6-7-17(20-12-14)24-8-10-26-11-9-24/h2-7,12H,8-11,13H2,1H3,(H,21,25). The highest BCUT2D eigenvalue weighted by Gasteiger charge is 2.14. The highest BCUT2D eigenvalue weighted by molar-refractivity contribution is 5.94. The number of hydrogen-bond donors (Lipinski definition) is 1. The molecule has 0 aliphatic carbocycles. The maximum Gasteiger partial charge on any atom is 0.253 e. The van der Waals surface area contributed by atoms with Crippen molar-refractivity contribution in [3.05, 3.63) is 54.0 Å². The molecule has 1 fully saturated rings. The van der Waals surface area contributed by atoms with Crippen LogP contribution >= 0.6 is 0 Å². The third-order valence-corrected chi connectivity index (χ3v) is 4.63. The minimum absolute atomic E-state index is 0.155. The Morgan fingerprint density at radius 3 is 2.73 bits per heavy atom. The second-order valence-electron chi connectivity index (χ2n) is 6.26. The summed E-state index contributed by atoms with van der Waals surface area (Å²) in [6, 6.07) is 11.6. The Kier molecular flexibility index (Phi) is 4.53. The summed E-state index contributed by atoms with van der Waals surface area (Å²) in [6.07, 6.45) is 1.62. The summed E-state index contributed by atoms with van der Waals surface area (Å²) in [4.78, 5) is 23.6. The zero-order chi connectivity index (χ0) is 17.9. The highest BCUT2D eigenvalue weighted by atomic mass is 16.5.